The van der Waals surface area contributed by atoms with E-state index in [1.165, 1.54) is 22.9 Å². The molecule has 2 aliphatic rings. The van der Waals surface area contributed by atoms with Crippen molar-refractivity contribution in [3.8, 4) is 0 Å². The normalized spacial score (nSPS) is 17.9. The Morgan fingerprint density at radius 3 is 2.87 bits per heavy atom. The van der Waals surface area contributed by atoms with Crippen LogP contribution in [0.15, 0.2) is 46.3 Å². The standard InChI is InChI=1S/C24H23ClN2O3S/c25-18-8-9-20-21(12-18)26-24(27(23(20)29)13-19-5-2-10-30-19)31-14-22(28)17-7-6-15-3-1-4-16(15)11-17/h6-9,11-12,19H,1-5,10,13-14H2/t19-/m1/s1. The fourth-order valence-electron chi connectivity index (χ4n) is 4.40. The van der Waals surface area contributed by atoms with E-state index in [4.69, 9.17) is 21.3 Å². The topological polar surface area (TPSA) is 61.2 Å². The quantitative estimate of drug-likeness (QED) is 0.307. The summed E-state index contributed by atoms with van der Waals surface area (Å²) >= 11 is 7.43. The first-order chi connectivity index (χ1) is 15.1. The molecule has 0 N–H and O–H groups in total. The van der Waals surface area contributed by atoms with Gasteiger partial charge in [0.1, 0.15) is 0 Å². The highest BCUT2D eigenvalue weighted by Crippen LogP contribution is 2.26. The molecular formula is C24H23ClN2O3S. The van der Waals surface area contributed by atoms with E-state index in [1.807, 2.05) is 12.1 Å². The number of benzene rings is 2. The van der Waals surface area contributed by atoms with Gasteiger partial charge in [0.05, 0.1) is 29.3 Å². The van der Waals surface area contributed by atoms with Crippen LogP contribution in [0.4, 0.5) is 0 Å². The Morgan fingerprint density at radius 2 is 2.03 bits per heavy atom. The van der Waals surface area contributed by atoms with E-state index in [0.717, 1.165) is 44.3 Å². The molecule has 31 heavy (non-hydrogen) atoms. The van der Waals surface area contributed by atoms with Gasteiger partial charge in [-0.2, -0.15) is 0 Å². The number of Topliss-reactive ketones (excluding diaryl/α,β-unsaturated/α-hetero) is 1. The first-order valence-corrected chi connectivity index (χ1v) is 12.0. The van der Waals surface area contributed by atoms with Crippen molar-refractivity contribution in [3.05, 3.63) is 68.5 Å². The zero-order valence-corrected chi connectivity index (χ0v) is 18.7. The first kappa shape index (κ1) is 20.7. The van der Waals surface area contributed by atoms with Crippen LogP contribution in [0.25, 0.3) is 10.9 Å². The molecule has 2 heterocycles. The van der Waals surface area contributed by atoms with Crippen LogP contribution >= 0.6 is 23.4 Å². The molecule has 7 heteroatoms. The molecule has 0 radical (unpaired) electrons. The van der Waals surface area contributed by atoms with Gasteiger partial charge in [-0.25, -0.2) is 4.98 Å². The highest BCUT2D eigenvalue weighted by atomic mass is 35.5. The number of carbonyl (C=O) groups excluding carboxylic acids is 1. The number of nitrogens with zero attached hydrogens (tertiary/aromatic N) is 2. The number of halogens is 1. The molecule has 1 aromatic heterocycles. The van der Waals surface area contributed by atoms with Gasteiger partial charge in [0, 0.05) is 17.2 Å². The fraction of sp³-hybridized carbons (Fsp3) is 0.375. The van der Waals surface area contributed by atoms with E-state index in [9.17, 15) is 9.59 Å². The maximum atomic E-state index is 13.2. The minimum Gasteiger partial charge on any atom is -0.376 e. The highest BCUT2D eigenvalue weighted by Gasteiger charge is 2.21. The SMILES string of the molecule is O=C(CSc1nc2cc(Cl)ccc2c(=O)n1C[C@H]1CCCO1)c1ccc2c(c1)CCC2. The average molecular weight is 455 g/mol. The van der Waals surface area contributed by atoms with Crippen molar-refractivity contribution in [2.75, 3.05) is 12.4 Å². The lowest BCUT2D eigenvalue weighted by Gasteiger charge is -2.16. The monoisotopic (exact) mass is 454 g/mol. The average Bonchev–Trinajstić information content (AvgIpc) is 3.45. The number of hydrogen-bond donors (Lipinski definition) is 0. The number of carbonyl (C=O) groups is 1. The van der Waals surface area contributed by atoms with Crippen LogP contribution in [0.2, 0.25) is 5.02 Å². The van der Waals surface area contributed by atoms with Crippen molar-refractivity contribution in [3.63, 3.8) is 0 Å². The Balaban J connectivity index is 1.44. The van der Waals surface area contributed by atoms with Crippen molar-refractivity contribution in [2.45, 2.75) is 49.9 Å². The molecule has 3 aromatic rings. The van der Waals surface area contributed by atoms with E-state index < -0.39 is 0 Å². The summed E-state index contributed by atoms with van der Waals surface area (Å²) in [5, 5.41) is 1.59. The van der Waals surface area contributed by atoms with Gasteiger partial charge in [0.25, 0.3) is 5.56 Å². The van der Waals surface area contributed by atoms with Crippen LogP contribution < -0.4 is 5.56 Å². The predicted octanol–water partition coefficient (Wildman–Crippen LogP) is 4.69. The zero-order chi connectivity index (χ0) is 21.4. The second-order valence-electron chi connectivity index (χ2n) is 8.16. The van der Waals surface area contributed by atoms with Gasteiger partial charge < -0.3 is 4.74 Å². The third-order valence-corrected chi connectivity index (χ3v) is 7.26. The van der Waals surface area contributed by atoms with Crippen molar-refractivity contribution in [1.29, 1.82) is 0 Å². The molecule has 1 atom stereocenters. The number of aryl methyl sites for hydroxylation is 2. The van der Waals surface area contributed by atoms with Gasteiger partial charge in [-0.15, -0.1) is 0 Å². The lowest BCUT2D eigenvalue weighted by atomic mass is 10.0. The lowest BCUT2D eigenvalue weighted by molar-refractivity contribution is 0.0937. The molecule has 0 bridgehead atoms. The van der Waals surface area contributed by atoms with Gasteiger partial charge in [-0.1, -0.05) is 35.5 Å². The number of rotatable bonds is 6. The first-order valence-electron chi connectivity index (χ1n) is 10.7. The Kier molecular flexibility index (Phi) is 5.87. The van der Waals surface area contributed by atoms with E-state index in [2.05, 4.69) is 6.07 Å². The summed E-state index contributed by atoms with van der Waals surface area (Å²) in [6.45, 7) is 1.16. The van der Waals surface area contributed by atoms with Crippen molar-refractivity contribution in [2.24, 2.45) is 0 Å². The van der Waals surface area contributed by atoms with Crippen LogP contribution in [0.5, 0.6) is 0 Å². The summed E-state index contributed by atoms with van der Waals surface area (Å²) < 4.78 is 7.41. The highest BCUT2D eigenvalue weighted by molar-refractivity contribution is 7.99. The Morgan fingerprint density at radius 1 is 1.16 bits per heavy atom. The Labute approximate surface area is 189 Å². The van der Waals surface area contributed by atoms with Gasteiger partial charge in [-0.3, -0.25) is 14.2 Å². The third kappa shape index (κ3) is 4.29. The molecule has 0 spiro atoms. The van der Waals surface area contributed by atoms with E-state index in [0.29, 0.717) is 27.6 Å². The molecule has 0 unspecified atom stereocenters. The second-order valence-corrected chi connectivity index (χ2v) is 9.53. The number of thioether (sulfide) groups is 1. The molecule has 5 nitrogen and oxygen atoms in total. The van der Waals surface area contributed by atoms with Crippen LogP contribution in [-0.2, 0) is 24.1 Å². The molecule has 0 amide bonds. The zero-order valence-electron chi connectivity index (χ0n) is 17.1. The van der Waals surface area contributed by atoms with Crippen LogP contribution in [0.3, 0.4) is 0 Å². The van der Waals surface area contributed by atoms with Crippen molar-refractivity contribution >= 4 is 40.0 Å². The Bertz CT molecular complexity index is 1220. The summed E-state index contributed by atoms with van der Waals surface area (Å²) in [6.07, 6.45) is 5.20. The molecule has 160 valence electrons. The maximum Gasteiger partial charge on any atom is 0.262 e. The summed E-state index contributed by atoms with van der Waals surface area (Å²) in [5.41, 5.74) is 3.79. The van der Waals surface area contributed by atoms with Gasteiger partial charge >= 0.3 is 0 Å². The molecular weight excluding hydrogens is 432 g/mol. The van der Waals surface area contributed by atoms with Crippen LogP contribution in [0.1, 0.15) is 40.7 Å². The third-order valence-electron chi connectivity index (χ3n) is 6.05. The van der Waals surface area contributed by atoms with Crippen molar-refractivity contribution in [1.82, 2.24) is 9.55 Å². The van der Waals surface area contributed by atoms with Crippen LogP contribution in [0, 0.1) is 0 Å². The molecule has 1 saturated heterocycles. The minimum atomic E-state index is -0.121. The largest absolute Gasteiger partial charge is 0.376 e. The Hall–Kier alpha value is -2.15. The van der Waals surface area contributed by atoms with E-state index in [-0.39, 0.29) is 23.2 Å². The summed E-state index contributed by atoms with van der Waals surface area (Å²) in [4.78, 5) is 30.8. The van der Waals surface area contributed by atoms with E-state index >= 15 is 0 Å². The van der Waals surface area contributed by atoms with E-state index in [1.54, 1.807) is 22.8 Å². The van der Waals surface area contributed by atoms with Crippen LogP contribution in [-0.4, -0.2) is 33.8 Å². The second kappa shape index (κ2) is 8.77. The predicted molar refractivity (Wildman–Crippen MR) is 124 cm³/mol. The molecule has 1 aliphatic heterocycles. The smallest absolute Gasteiger partial charge is 0.262 e. The molecule has 1 fully saturated rings. The van der Waals surface area contributed by atoms with Gasteiger partial charge in [-0.05, 0) is 67.5 Å². The number of hydrogen-bond acceptors (Lipinski definition) is 5. The number of ketones is 1. The maximum absolute atomic E-state index is 13.2. The number of ether oxygens (including phenoxy) is 1. The lowest BCUT2D eigenvalue weighted by Crippen LogP contribution is -2.29. The van der Waals surface area contributed by atoms with Gasteiger partial charge in [0.15, 0.2) is 10.9 Å². The van der Waals surface area contributed by atoms with Gasteiger partial charge in [0.2, 0.25) is 0 Å². The molecule has 0 saturated carbocycles. The minimum absolute atomic E-state index is 0.00369. The fourth-order valence-corrected chi connectivity index (χ4v) is 5.47. The summed E-state index contributed by atoms with van der Waals surface area (Å²) in [6, 6.07) is 11.1. The molecule has 1 aliphatic carbocycles. The summed E-state index contributed by atoms with van der Waals surface area (Å²) in [7, 11) is 0. The van der Waals surface area contributed by atoms with Crippen molar-refractivity contribution < 1.29 is 9.53 Å². The number of aromatic nitrogens is 2. The molecule has 2 aromatic carbocycles. The summed E-state index contributed by atoms with van der Waals surface area (Å²) in [5.74, 6) is 0.270. The number of fused-ring (bicyclic) bond motifs is 2. The molecule has 5 rings (SSSR count).